The van der Waals surface area contributed by atoms with Crippen LogP contribution >= 0.6 is 11.6 Å². The van der Waals surface area contributed by atoms with E-state index in [-0.39, 0.29) is 18.1 Å². The van der Waals surface area contributed by atoms with Gasteiger partial charge in [-0.05, 0) is 35.9 Å². The fourth-order valence-corrected chi connectivity index (χ4v) is 2.51. The van der Waals surface area contributed by atoms with Crippen molar-refractivity contribution in [1.29, 1.82) is 0 Å². The van der Waals surface area contributed by atoms with E-state index in [2.05, 4.69) is 15.4 Å². The first-order chi connectivity index (χ1) is 12.1. The molecule has 0 aliphatic heterocycles. The van der Waals surface area contributed by atoms with Crippen LogP contribution in [0.3, 0.4) is 0 Å². The number of benzene rings is 2. The van der Waals surface area contributed by atoms with Crippen LogP contribution in [0.25, 0.3) is 5.69 Å². The van der Waals surface area contributed by atoms with Crippen molar-refractivity contribution in [1.82, 2.24) is 14.8 Å². The molecule has 0 aliphatic rings. The van der Waals surface area contributed by atoms with Crippen molar-refractivity contribution >= 4 is 23.2 Å². The minimum atomic E-state index is -0.515. The second-order valence-electron chi connectivity index (χ2n) is 5.20. The normalized spacial score (nSPS) is 10.5. The van der Waals surface area contributed by atoms with Gasteiger partial charge in [-0.15, -0.1) is 0 Å². The van der Waals surface area contributed by atoms with Crippen LogP contribution in [0.15, 0.2) is 49.1 Å². The Morgan fingerprint density at radius 3 is 2.84 bits per heavy atom. The molecule has 1 amide bonds. The third-order valence-corrected chi connectivity index (χ3v) is 3.71. The van der Waals surface area contributed by atoms with Crippen molar-refractivity contribution in [3.63, 3.8) is 0 Å². The minimum absolute atomic E-state index is 0.00419. The molecule has 6 nitrogen and oxygen atoms in total. The largest absolute Gasteiger partial charge is 0.494 e. The van der Waals surface area contributed by atoms with Gasteiger partial charge in [0, 0.05) is 5.02 Å². The summed E-state index contributed by atoms with van der Waals surface area (Å²) in [6, 6.07) is 9.42. The molecule has 0 saturated heterocycles. The predicted molar refractivity (Wildman–Crippen MR) is 91.7 cm³/mol. The van der Waals surface area contributed by atoms with Crippen LogP contribution in [-0.2, 0) is 11.2 Å². The topological polar surface area (TPSA) is 69.0 Å². The molecule has 0 saturated carbocycles. The molecule has 0 atom stereocenters. The molecule has 128 valence electrons. The van der Waals surface area contributed by atoms with Crippen molar-refractivity contribution in [2.24, 2.45) is 0 Å². The molecule has 1 N–H and O–H groups in total. The van der Waals surface area contributed by atoms with Gasteiger partial charge in [-0.1, -0.05) is 17.7 Å². The molecule has 0 spiro atoms. The molecule has 0 aliphatic carbocycles. The van der Waals surface area contributed by atoms with Crippen LogP contribution in [0, 0.1) is 5.82 Å². The number of anilines is 1. The molecule has 8 heteroatoms. The maximum Gasteiger partial charge on any atom is 0.228 e. The lowest BCUT2D eigenvalue weighted by atomic mass is 10.1. The fraction of sp³-hybridized carbons (Fsp3) is 0.118. The molecule has 0 fully saturated rings. The number of hydrogen-bond donors (Lipinski definition) is 1. The lowest BCUT2D eigenvalue weighted by Crippen LogP contribution is -2.16. The van der Waals surface area contributed by atoms with Gasteiger partial charge in [-0.2, -0.15) is 5.10 Å². The zero-order valence-electron chi connectivity index (χ0n) is 13.2. The van der Waals surface area contributed by atoms with E-state index in [1.54, 1.807) is 24.3 Å². The number of hydrogen-bond acceptors (Lipinski definition) is 4. The highest BCUT2D eigenvalue weighted by Gasteiger charge is 2.12. The van der Waals surface area contributed by atoms with Gasteiger partial charge in [0.15, 0.2) is 11.6 Å². The Bertz CT molecular complexity index is 900. The van der Waals surface area contributed by atoms with Crippen molar-refractivity contribution in [3.8, 4) is 11.4 Å². The summed E-state index contributed by atoms with van der Waals surface area (Å²) in [5.74, 6) is -0.695. The number of aromatic nitrogens is 3. The number of carbonyl (C=O) groups is 1. The van der Waals surface area contributed by atoms with Crippen LogP contribution in [0.4, 0.5) is 10.1 Å². The number of nitrogens with zero attached hydrogens (tertiary/aromatic N) is 3. The zero-order valence-corrected chi connectivity index (χ0v) is 14.0. The zero-order chi connectivity index (χ0) is 17.8. The van der Waals surface area contributed by atoms with E-state index in [0.29, 0.717) is 22.0 Å². The summed E-state index contributed by atoms with van der Waals surface area (Å²) >= 11 is 6.02. The Morgan fingerprint density at radius 2 is 2.16 bits per heavy atom. The number of ether oxygens (including phenoxy) is 1. The number of carbonyl (C=O) groups excluding carboxylic acids is 1. The Morgan fingerprint density at radius 1 is 1.32 bits per heavy atom. The summed E-state index contributed by atoms with van der Waals surface area (Å²) in [4.78, 5) is 16.2. The quantitative estimate of drug-likeness (QED) is 0.758. The Labute approximate surface area is 148 Å². The predicted octanol–water partition coefficient (Wildman–Crippen LogP) is 3.25. The van der Waals surface area contributed by atoms with Gasteiger partial charge in [-0.25, -0.2) is 14.1 Å². The Kier molecular flexibility index (Phi) is 4.95. The maximum atomic E-state index is 13.7. The van der Waals surface area contributed by atoms with Crippen molar-refractivity contribution in [3.05, 3.63) is 65.5 Å². The molecular formula is C17H14ClFN4O2. The van der Waals surface area contributed by atoms with E-state index in [4.69, 9.17) is 16.3 Å². The van der Waals surface area contributed by atoms with E-state index in [1.807, 2.05) is 0 Å². The van der Waals surface area contributed by atoms with Crippen LogP contribution in [0.2, 0.25) is 5.02 Å². The summed E-state index contributed by atoms with van der Waals surface area (Å²) in [6.07, 6.45) is 2.91. The highest BCUT2D eigenvalue weighted by molar-refractivity contribution is 6.31. The van der Waals surface area contributed by atoms with Gasteiger partial charge in [0.05, 0.1) is 24.9 Å². The Balaban J connectivity index is 1.79. The second kappa shape index (κ2) is 7.31. The van der Waals surface area contributed by atoms with E-state index in [1.165, 1.54) is 36.6 Å². The van der Waals surface area contributed by atoms with Gasteiger partial charge >= 0.3 is 0 Å². The standard InChI is InChI=1S/C17H14ClFN4O2/c1-25-16-5-2-11(6-13(16)19)7-17(24)22-14-8-12(18)3-4-15(14)23-10-20-9-21-23/h2-6,8-10H,7H2,1H3,(H,22,24). The summed E-state index contributed by atoms with van der Waals surface area (Å²) in [7, 11) is 1.38. The number of methoxy groups -OCH3 is 1. The lowest BCUT2D eigenvalue weighted by Gasteiger charge is -2.12. The number of halogens is 2. The summed E-state index contributed by atoms with van der Waals surface area (Å²) < 4.78 is 20.1. The van der Waals surface area contributed by atoms with Crippen LogP contribution in [-0.4, -0.2) is 27.8 Å². The average Bonchev–Trinajstić information content (AvgIpc) is 3.09. The van der Waals surface area contributed by atoms with Gasteiger partial charge in [0.2, 0.25) is 5.91 Å². The van der Waals surface area contributed by atoms with Crippen molar-refractivity contribution in [2.75, 3.05) is 12.4 Å². The second-order valence-corrected chi connectivity index (χ2v) is 5.63. The molecule has 1 heterocycles. The molecular weight excluding hydrogens is 347 g/mol. The number of rotatable bonds is 5. The molecule has 0 unspecified atom stereocenters. The van der Waals surface area contributed by atoms with E-state index >= 15 is 0 Å². The maximum absolute atomic E-state index is 13.7. The number of nitrogens with one attached hydrogen (secondary N) is 1. The van der Waals surface area contributed by atoms with Gasteiger partial charge in [0.25, 0.3) is 0 Å². The first-order valence-corrected chi connectivity index (χ1v) is 7.71. The lowest BCUT2D eigenvalue weighted by molar-refractivity contribution is -0.115. The molecule has 2 aromatic carbocycles. The first-order valence-electron chi connectivity index (χ1n) is 7.33. The van der Waals surface area contributed by atoms with E-state index in [9.17, 15) is 9.18 Å². The monoisotopic (exact) mass is 360 g/mol. The molecule has 3 aromatic rings. The summed E-state index contributed by atoms with van der Waals surface area (Å²) in [5, 5.41) is 7.28. The molecule has 25 heavy (non-hydrogen) atoms. The molecule has 0 bridgehead atoms. The fourth-order valence-electron chi connectivity index (χ4n) is 2.34. The summed E-state index contributed by atoms with van der Waals surface area (Å²) in [5.41, 5.74) is 1.63. The summed E-state index contributed by atoms with van der Waals surface area (Å²) in [6.45, 7) is 0. The molecule has 0 radical (unpaired) electrons. The van der Waals surface area contributed by atoms with Gasteiger partial charge in [0.1, 0.15) is 12.7 Å². The van der Waals surface area contributed by atoms with Crippen molar-refractivity contribution in [2.45, 2.75) is 6.42 Å². The third-order valence-electron chi connectivity index (χ3n) is 3.48. The van der Waals surface area contributed by atoms with E-state index < -0.39 is 5.82 Å². The Hall–Kier alpha value is -2.93. The third kappa shape index (κ3) is 3.95. The van der Waals surface area contributed by atoms with Crippen molar-refractivity contribution < 1.29 is 13.9 Å². The van der Waals surface area contributed by atoms with E-state index in [0.717, 1.165) is 0 Å². The van der Waals surface area contributed by atoms with Crippen LogP contribution < -0.4 is 10.1 Å². The molecule has 1 aromatic heterocycles. The van der Waals surface area contributed by atoms with Gasteiger partial charge in [-0.3, -0.25) is 4.79 Å². The molecule has 3 rings (SSSR count). The highest BCUT2D eigenvalue weighted by Crippen LogP contribution is 2.24. The van der Waals surface area contributed by atoms with Crippen LogP contribution in [0.1, 0.15) is 5.56 Å². The average molecular weight is 361 g/mol. The number of amides is 1. The van der Waals surface area contributed by atoms with Gasteiger partial charge < -0.3 is 10.1 Å². The van der Waals surface area contributed by atoms with Crippen LogP contribution in [0.5, 0.6) is 5.75 Å². The SMILES string of the molecule is COc1ccc(CC(=O)Nc2cc(Cl)ccc2-n2cncn2)cc1F. The highest BCUT2D eigenvalue weighted by atomic mass is 35.5. The smallest absolute Gasteiger partial charge is 0.228 e. The minimum Gasteiger partial charge on any atom is -0.494 e. The first kappa shape index (κ1) is 16.9.